The van der Waals surface area contributed by atoms with Gasteiger partial charge >= 0.3 is 6.18 Å². The lowest BCUT2D eigenvalue weighted by Gasteiger charge is -2.75. The van der Waals surface area contributed by atoms with Gasteiger partial charge in [0.05, 0.1) is 23.8 Å². The van der Waals surface area contributed by atoms with Gasteiger partial charge in [0.2, 0.25) is 0 Å². The molecule has 0 atom stereocenters. The summed E-state index contributed by atoms with van der Waals surface area (Å²) in [5.41, 5.74) is -3.45. The van der Waals surface area contributed by atoms with E-state index in [1.165, 1.54) is 0 Å². The van der Waals surface area contributed by atoms with E-state index >= 15 is 0 Å². The molecule has 3 fully saturated rings. The Morgan fingerprint density at radius 3 is 2.08 bits per heavy atom. The van der Waals surface area contributed by atoms with Gasteiger partial charge in [0.25, 0.3) is 16.0 Å². The van der Waals surface area contributed by atoms with Crippen molar-refractivity contribution in [3.63, 3.8) is 0 Å². The van der Waals surface area contributed by atoms with Crippen LogP contribution in [0.15, 0.2) is 24.3 Å². The Hall–Kier alpha value is -1.22. The van der Waals surface area contributed by atoms with E-state index < -0.39 is 38.6 Å². The number of halogens is 5. The predicted molar refractivity (Wildman–Crippen MR) is 75.1 cm³/mol. The second-order valence-electron chi connectivity index (χ2n) is 6.64. The molecule has 0 unspecified atom stereocenters. The maximum absolute atomic E-state index is 14.5. The van der Waals surface area contributed by atoms with Crippen molar-refractivity contribution in [2.24, 2.45) is 5.41 Å². The molecule has 3 nitrogen and oxygen atoms in total. The zero-order valence-electron chi connectivity index (χ0n) is 12.7. The van der Waals surface area contributed by atoms with Gasteiger partial charge in [-0.2, -0.15) is 21.6 Å². The highest BCUT2D eigenvalue weighted by molar-refractivity contribution is 7.85. The van der Waals surface area contributed by atoms with Crippen molar-refractivity contribution in [3.8, 4) is 0 Å². The summed E-state index contributed by atoms with van der Waals surface area (Å²) in [5, 5.41) is 0. The second-order valence-corrected chi connectivity index (χ2v) is 8.29. The summed E-state index contributed by atoms with van der Waals surface area (Å²) in [5.74, 6) is -3.08. The summed E-state index contributed by atoms with van der Waals surface area (Å²) in [4.78, 5) is 0. The van der Waals surface area contributed by atoms with Crippen LogP contribution in [0.1, 0.15) is 30.4 Å². The van der Waals surface area contributed by atoms with Crippen molar-refractivity contribution in [1.82, 2.24) is 0 Å². The van der Waals surface area contributed by atoms with Crippen molar-refractivity contribution in [2.75, 3.05) is 12.9 Å². The molecule has 24 heavy (non-hydrogen) atoms. The third-order valence-corrected chi connectivity index (χ3v) is 5.79. The molecule has 3 aliphatic carbocycles. The zero-order valence-corrected chi connectivity index (χ0v) is 13.5. The normalized spacial score (nSPS) is 31.2. The number of hydrogen-bond donors (Lipinski definition) is 0. The molecule has 0 saturated heterocycles. The molecule has 9 heteroatoms. The molecule has 0 amide bonds. The first-order valence-electron chi connectivity index (χ1n) is 7.23. The van der Waals surface area contributed by atoms with E-state index in [1.54, 1.807) is 0 Å². The van der Waals surface area contributed by atoms with Gasteiger partial charge in [-0.1, -0.05) is 12.1 Å². The minimum atomic E-state index is -4.51. The quantitative estimate of drug-likeness (QED) is 0.586. The summed E-state index contributed by atoms with van der Waals surface area (Å²) in [6.45, 7) is -0.322. The lowest BCUT2D eigenvalue weighted by atomic mass is 9.30. The molecule has 1 aromatic rings. The first-order chi connectivity index (χ1) is 10.8. The van der Waals surface area contributed by atoms with Crippen LogP contribution >= 0.6 is 0 Å². The fourth-order valence-electron chi connectivity index (χ4n) is 3.93. The maximum atomic E-state index is 14.5. The molecule has 0 radical (unpaired) electrons. The Morgan fingerprint density at radius 1 is 1.12 bits per heavy atom. The molecule has 134 valence electrons. The van der Waals surface area contributed by atoms with E-state index in [-0.39, 0.29) is 31.4 Å². The summed E-state index contributed by atoms with van der Waals surface area (Å²) >= 11 is 0. The molecule has 0 N–H and O–H groups in total. The second kappa shape index (κ2) is 4.91. The first kappa shape index (κ1) is 17.6. The number of benzene rings is 1. The van der Waals surface area contributed by atoms with Crippen molar-refractivity contribution in [1.29, 1.82) is 0 Å². The molecule has 2 bridgehead atoms. The molecule has 0 heterocycles. The Morgan fingerprint density at radius 2 is 1.67 bits per heavy atom. The average molecular weight is 370 g/mol. The number of hydrogen-bond acceptors (Lipinski definition) is 3. The lowest BCUT2D eigenvalue weighted by molar-refractivity contribution is -0.374. The molecule has 0 spiro atoms. The first-order valence-corrected chi connectivity index (χ1v) is 9.05. The van der Waals surface area contributed by atoms with E-state index in [9.17, 15) is 30.4 Å². The van der Waals surface area contributed by atoms with E-state index in [0.29, 0.717) is 0 Å². The van der Waals surface area contributed by atoms with Crippen molar-refractivity contribution in [2.45, 2.75) is 36.8 Å². The van der Waals surface area contributed by atoms with Crippen LogP contribution in [0.25, 0.3) is 0 Å². The van der Waals surface area contributed by atoms with Gasteiger partial charge in [-0.15, -0.1) is 0 Å². The Labute approximate surface area is 135 Å². The third kappa shape index (κ3) is 2.35. The summed E-state index contributed by atoms with van der Waals surface area (Å²) < 4.78 is 93.0. The van der Waals surface area contributed by atoms with Crippen molar-refractivity contribution < 1.29 is 34.6 Å². The van der Waals surface area contributed by atoms with Gasteiger partial charge < -0.3 is 0 Å². The molecule has 0 aliphatic heterocycles. The van der Waals surface area contributed by atoms with Gasteiger partial charge in [-0.05, 0) is 37.0 Å². The molecular formula is C15H15F5O3S. The highest BCUT2D eigenvalue weighted by Crippen LogP contribution is 2.82. The predicted octanol–water partition coefficient (Wildman–Crippen LogP) is 3.74. The maximum Gasteiger partial charge on any atom is 0.416 e. The summed E-state index contributed by atoms with van der Waals surface area (Å²) in [7, 11) is -3.69. The van der Waals surface area contributed by atoms with Crippen LogP contribution in [0.5, 0.6) is 0 Å². The fourth-order valence-corrected chi connectivity index (χ4v) is 4.31. The van der Waals surface area contributed by atoms with Crippen molar-refractivity contribution >= 4 is 10.1 Å². The van der Waals surface area contributed by atoms with Crippen LogP contribution in [-0.2, 0) is 25.9 Å². The third-order valence-electron chi connectivity index (χ3n) is 5.19. The smallest absolute Gasteiger partial charge is 0.270 e. The Kier molecular flexibility index (Phi) is 3.60. The highest BCUT2D eigenvalue weighted by Gasteiger charge is 2.87. The van der Waals surface area contributed by atoms with Gasteiger partial charge in [0, 0.05) is 5.41 Å². The number of alkyl halides is 5. The van der Waals surface area contributed by atoms with Crippen molar-refractivity contribution in [3.05, 3.63) is 35.4 Å². The van der Waals surface area contributed by atoms with Crippen LogP contribution in [-0.4, -0.2) is 27.2 Å². The van der Waals surface area contributed by atoms with Crippen LogP contribution in [0, 0.1) is 5.41 Å². The largest absolute Gasteiger partial charge is 0.416 e. The topological polar surface area (TPSA) is 43.4 Å². The minimum absolute atomic E-state index is 0.102. The monoisotopic (exact) mass is 370 g/mol. The highest BCUT2D eigenvalue weighted by atomic mass is 32.2. The van der Waals surface area contributed by atoms with E-state index in [4.69, 9.17) is 0 Å². The van der Waals surface area contributed by atoms with E-state index in [0.717, 1.165) is 30.5 Å². The molecule has 3 aliphatic rings. The van der Waals surface area contributed by atoms with Crippen LogP contribution in [0.2, 0.25) is 0 Å². The summed E-state index contributed by atoms with van der Waals surface area (Å²) in [6.07, 6.45) is -3.53. The molecule has 4 rings (SSSR count). The van der Waals surface area contributed by atoms with Gasteiger partial charge in [-0.3, -0.25) is 4.18 Å². The van der Waals surface area contributed by atoms with Gasteiger partial charge in [0.1, 0.15) is 0 Å². The van der Waals surface area contributed by atoms with E-state index in [2.05, 4.69) is 4.18 Å². The number of rotatable bonds is 5. The summed E-state index contributed by atoms with van der Waals surface area (Å²) in [6, 6.07) is 3.83. The molecule has 3 saturated carbocycles. The Balaban J connectivity index is 1.72. The van der Waals surface area contributed by atoms with E-state index in [1.807, 2.05) is 0 Å². The SMILES string of the molecule is CS(=O)(=O)OCCC12CC(c3ccc(C(F)(F)F)cc3)(C1)C2(F)F. The van der Waals surface area contributed by atoms with Gasteiger partial charge in [0.15, 0.2) is 0 Å². The zero-order chi connectivity index (χ0) is 18.0. The van der Waals surface area contributed by atoms with Crippen LogP contribution in [0.4, 0.5) is 22.0 Å². The molecular weight excluding hydrogens is 355 g/mol. The van der Waals surface area contributed by atoms with Crippen LogP contribution in [0.3, 0.4) is 0 Å². The molecule has 0 aromatic heterocycles. The molecule has 1 aromatic carbocycles. The minimum Gasteiger partial charge on any atom is -0.270 e. The van der Waals surface area contributed by atoms with Gasteiger partial charge in [-0.25, -0.2) is 8.78 Å². The average Bonchev–Trinajstić information content (AvgIpc) is 2.39. The Bertz CT molecular complexity index is 746. The van der Waals surface area contributed by atoms with Crippen LogP contribution < -0.4 is 0 Å². The lowest BCUT2D eigenvalue weighted by Crippen LogP contribution is -2.81. The fraction of sp³-hybridized carbons (Fsp3) is 0.600. The standard InChI is InChI=1S/C15H15F5O3S/c1-24(21,22)23-7-6-12-8-13(9-12,15(12,19)20)10-2-4-11(5-3-10)14(16,17)18/h2-5H,6-9H2,1H3.